The van der Waals surface area contributed by atoms with Gasteiger partial charge in [0.05, 0.1) is 24.4 Å². The number of rotatable bonds is 6. The molecular formula is C27H22F3NO2. The van der Waals surface area contributed by atoms with Crippen molar-refractivity contribution in [3.05, 3.63) is 102 Å². The number of hydrogen-bond acceptors (Lipinski definition) is 3. The van der Waals surface area contributed by atoms with Gasteiger partial charge in [-0.25, -0.2) is 4.99 Å². The third kappa shape index (κ3) is 7.08. The van der Waals surface area contributed by atoms with Crippen LogP contribution in [-0.4, -0.2) is 24.5 Å². The van der Waals surface area contributed by atoms with Gasteiger partial charge in [0.2, 0.25) is 0 Å². The average molecular weight is 449 g/mol. The predicted octanol–water partition coefficient (Wildman–Crippen LogP) is 6.34. The molecule has 0 saturated carbocycles. The molecule has 0 aliphatic rings. The van der Waals surface area contributed by atoms with E-state index in [9.17, 15) is 18.0 Å². The molecular weight excluding hydrogens is 427 g/mol. The average Bonchev–Trinajstić information content (AvgIpc) is 2.81. The molecule has 3 aromatic rings. The highest BCUT2D eigenvalue weighted by molar-refractivity contribution is 6.13. The van der Waals surface area contributed by atoms with E-state index in [0.29, 0.717) is 11.3 Å². The molecule has 1 atom stereocenters. The van der Waals surface area contributed by atoms with Crippen molar-refractivity contribution in [2.24, 2.45) is 10.9 Å². The van der Waals surface area contributed by atoms with Crippen molar-refractivity contribution in [1.29, 1.82) is 0 Å². The van der Waals surface area contributed by atoms with Gasteiger partial charge in [0.15, 0.2) is 0 Å². The summed E-state index contributed by atoms with van der Waals surface area (Å²) in [6, 6.07) is 25.9. The summed E-state index contributed by atoms with van der Waals surface area (Å²) < 4.78 is 44.6. The normalized spacial score (nSPS) is 11.6. The van der Waals surface area contributed by atoms with Crippen LogP contribution >= 0.6 is 0 Å². The molecule has 0 amide bonds. The molecule has 0 heterocycles. The lowest BCUT2D eigenvalue weighted by Crippen LogP contribution is -2.25. The minimum Gasteiger partial charge on any atom is -0.466 e. The van der Waals surface area contributed by atoms with Crippen molar-refractivity contribution >= 4 is 17.4 Å². The minimum absolute atomic E-state index is 0.0159. The first-order valence-electron chi connectivity index (χ1n) is 10.4. The monoisotopic (exact) mass is 449 g/mol. The first-order valence-corrected chi connectivity index (χ1v) is 10.4. The van der Waals surface area contributed by atoms with Crippen LogP contribution in [0.1, 0.15) is 30.0 Å². The lowest BCUT2D eigenvalue weighted by atomic mass is 10.0. The predicted molar refractivity (Wildman–Crippen MR) is 122 cm³/mol. The smallest absolute Gasteiger partial charge is 0.402 e. The van der Waals surface area contributed by atoms with Gasteiger partial charge < -0.3 is 4.74 Å². The second kappa shape index (κ2) is 11.1. The molecule has 0 bridgehead atoms. The van der Waals surface area contributed by atoms with E-state index in [-0.39, 0.29) is 6.61 Å². The lowest BCUT2D eigenvalue weighted by molar-refractivity contribution is -0.171. The Balaban J connectivity index is 1.94. The molecule has 6 heteroatoms. The second-order valence-electron chi connectivity index (χ2n) is 7.12. The fraction of sp³-hybridized carbons (Fsp3) is 0.185. The van der Waals surface area contributed by atoms with E-state index in [0.717, 1.165) is 16.8 Å². The van der Waals surface area contributed by atoms with Crippen LogP contribution in [0.5, 0.6) is 0 Å². The summed E-state index contributed by atoms with van der Waals surface area (Å²) in [4.78, 5) is 16.3. The summed E-state index contributed by atoms with van der Waals surface area (Å²) in [5, 5.41) is 0. The van der Waals surface area contributed by atoms with Crippen molar-refractivity contribution in [3.8, 4) is 11.8 Å². The standard InChI is InChI=1S/C27H22F3NO2/c1-2-33-25(32)19-23(27(28,29)30)17-16-20-10-9-15-24(18-20)31-26(21-11-5-3-6-12-21)22-13-7-4-8-14-22/h3-15,18,23H,2,19H2,1H3. The van der Waals surface area contributed by atoms with Crippen LogP contribution in [0.25, 0.3) is 0 Å². The number of aliphatic imine (C=N–C) groups is 1. The molecule has 3 rings (SSSR count). The Hall–Kier alpha value is -3.85. The Labute approximate surface area is 190 Å². The summed E-state index contributed by atoms with van der Waals surface area (Å²) >= 11 is 0. The Morgan fingerprint density at radius 3 is 2.09 bits per heavy atom. The van der Waals surface area contributed by atoms with Crippen LogP contribution in [0.4, 0.5) is 18.9 Å². The zero-order valence-corrected chi connectivity index (χ0v) is 18.0. The van der Waals surface area contributed by atoms with Crippen LogP contribution in [0.2, 0.25) is 0 Å². The highest BCUT2D eigenvalue weighted by Crippen LogP contribution is 2.29. The molecule has 33 heavy (non-hydrogen) atoms. The molecule has 168 valence electrons. The number of ether oxygens (including phenoxy) is 1. The van der Waals surface area contributed by atoms with E-state index < -0.39 is 24.5 Å². The first kappa shape index (κ1) is 23.8. The SMILES string of the molecule is CCOC(=O)CC(C#Cc1cccc(N=C(c2ccccc2)c2ccccc2)c1)C(F)(F)F. The maximum absolute atomic E-state index is 13.3. The van der Waals surface area contributed by atoms with Crippen molar-refractivity contribution in [1.82, 2.24) is 0 Å². The van der Waals surface area contributed by atoms with Crippen molar-refractivity contribution < 1.29 is 22.7 Å². The largest absolute Gasteiger partial charge is 0.466 e. The third-order valence-corrected chi connectivity index (χ3v) is 4.64. The van der Waals surface area contributed by atoms with E-state index in [1.807, 2.05) is 60.7 Å². The van der Waals surface area contributed by atoms with Gasteiger partial charge in [0.1, 0.15) is 5.92 Å². The van der Waals surface area contributed by atoms with Crippen molar-refractivity contribution in [2.75, 3.05) is 6.61 Å². The number of esters is 1. The molecule has 0 spiro atoms. The van der Waals surface area contributed by atoms with Crippen LogP contribution in [-0.2, 0) is 9.53 Å². The summed E-state index contributed by atoms with van der Waals surface area (Å²) in [5.74, 6) is 1.70. The number of carbonyl (C=O) groups excluding carboxylic acids is 1. The number of carbonyl (C=O) groups is 1. The van der Waals surface area contributed by atoms with Gasteiger partial charge >= 0.3 is 12.1 Å². The van der Waals surface area contributed by atoms with E-state index in [1.165, 1.54) is 6.92 Å². The molecule has 3 aromatic carbocycles. The zero-order valence-electron chi connectivity index (χ0n) is 18.0. The Kier molecular flexibility index (Phi) is 8.04. The summed E-state index contributed by atoms with van der Waals surface area (Å²) in [6.07, 6.45) is -5.47. The molecule has 0 radical (unpaired) electrons. The minimum atomic E-state index is -4.64. The van der Waals surface area contributed by atoms with Gasteiger partial charge in [-0.1, -0.05) is 78.6 Å². The van der Waals surface area contributed by atoms with E-state index in [4.69, 9.17) is 4.99 Å². The highest BCUT2D eigenvalue weighted by atomic mass is 19.4. The van der Waals surface area contributed by atoms with Crippen LogP contribution < -0.4 is 0 Å². The topological polar surface area (TPSA) is 38.7 Å². The lowest BCUT2D eigenvalue weighted by Gasteiger charge is -2.13. The van der Waals surface area contributed by atoms with Crippen LogP contribution in [0.3, 0.4) is 0 Å². The molecule has 1 unspecified atom stereocenters. The fourth-order valence-electron chi connectivity index (χ4n) is 3.08. The quantitative estimate of drug-likeness (QED) is 0.250. The molecule has 0 aliphatic heterocycles. The maximum Gasteiger partial charge on any atom is 0.402 e. The van der Waals surface area contributed by atoms with Crippen LogP contribution in [0.15, 0.2) is 89.9 Å². The van der Waals surface area contributed by atoms with Crippen LogP contribution in [0, 0.1) is 17.8 Å². The Morgan fingerprint density at radius 1 is 0.939 bits per heavy atom. The van der Waals surface area contributed by atoms with E-state index in [2.05, 4.69) is 16.6 Å². The van der Waals surface area contributed by atoms with Gasteiger partial charge in [-0.05, 0) is 25.1 Å². The van der Waals surface area contributed by atoms with Crippen molar-refractivity contribution in [3.63, 3.8) is 0 Å². The maximum atomic E-state index is 13.3. The molecule has 0 aromatic heterocycles. The number of alkyl halides is 3. The van der Waals surface area contributed by atoms with E-state index >= 15 is 0 Å². The molecule has 0 aliphatic carbocycles. The molecule has 3 nitrogen and oxygen atoms in total. The summed E-state index contributed by atoms with van der Waals surface area (Å²) in [6.45, 7) is 1.55. The van der Waals surface area contributed by atoms with Gasteiger partial charge in [-0.2, -0.15) is 13.2 Å². The second-order valence-corrected chi connectivity index (χ2v) is 7.12. The Bertz CT molecular complexity index is 1120. The van der Waals surface area contributed by atoms with E-state index in [1.54, 1.807) is 24.3 Å². The fourth-order valence-corrected chi connectivity index (χ4v) is 3.08. The Morgan fingerprint density at radius 2 is 1.55 bits per heavy atom. The van der Waals surface area contributed by atoms with Gasteiger partial charge in [-0.15, -0.1) is 0 Å². The van der Waals surface area contributed by atoms with Crippen molar-refractivity contribution in [2.45, 2.75) is 19.5 Å². The zero-order chi connectivity index (χ0) is 23.7. The number of nitrogens with zero attached hydrogens (tertiary/aromatic N) is 1. The molecule has 0 saturated heterocycles. The van der Waals surface area contributed by atoms with Gasteiger partial charge in [0.25, 0.3) is 0 Å². The summed E-state index contributed by atoms with van der Waals surface area (Å²) in [5.41, 5.74) is 3.48. The number of halogens is 3. The van der Waals surface area contributed by atoms with Gasteiger partial charge in [0, 0.05) is 16.7 Å². The first-order chi connectivity index (χ1) is 15.9. The number of hydrogen-bond donors (Lipinski definition) is 0. The number of benzene rings is 3. The van der Waals surface area contributed by atoms with Gasteiger partial charge in [-0.3, -0.25) is 4.79 Å². The summed E-state index contributed by atoms with van der Waals surface area (Å²) in [7, 11) is 0. The third-order valence-electron chi connectivity index (χ3n) is 4.64. The highest BCUT2D eigenvalue weighted by Gasteiger charge is 2.40. The molecule has 0 N–H and O–H groups in total. The molecule has 0 fully saturated rings.